The standard InChI is InChI=1S/C16H18N4O3/c1-10-12-4-2-3-5-13(12)16(23)20(19-10)9-15(22)18-11-6-7-14(21)17-8-11/h2-5,11H,6-9H2,1H3,(H,17,21)(H,18,22)/t11-/m1/s1. The number of rotatable bonds is 3. The van der Waals surface area contributed by atoms with Crippen LogP contribution in [0.25, 0.3) is 10.8 Å². The summed E-state index contributed by atoms with van der Waals surface area (Å²) in [6.07, 6.45) is 1.01. The van der Waals surface area contributed by atoms with Gasteiger partial charge in [0.25, 0.3) is 5.56 Å². The number of carbonyl (C=O) groups is 2. The Kier molecular flexibility index (Phi) is 4.10. The van der Waals surface area contributed by atoms with Crippen molar-refractivity contribution in [3.8, 4) is 0 Å². The third kappa shape index (κ3) is 3.23. The molecule has 2 heterocycles. The van der Waals surface area contributed by atoms with Crippen molar-refractivity contribution in [2.75, 3.05) is 6.54 Å². The first-order valence-electron chi connectivity index (χ1n) is 7.57. The van der Waals surface area contributed by atoms with Crippen molar-refractivity contribution in [2.45, 2.75) is 32.4 Å². The van der Waals surface area contributed by atoms with Crippen LogP contribution in [0.2, 0.25) is 0 Å². The molecule has 0 saturated carbocycles. The third-order valence-electron chi connectivity index (χ3n) is 3.98. The number of nitrogens with zero attached hydrogens (tertiary/aromatic N) is 2. The minimum absolute atomic E-state index is 0.00135. The monoisotopic (exact) mass is 314 g/mol. The molecule has 1 aromatic carbocycles. The summed E-state index contributed by atoms with van der Waals surface area (Å²) >= 11 is 0. The number of carbonyl (C=O) groups excluding carboxylic acids is 2. The van der Waals surface area contributed by atoms with Crippen molar-refractivity contribution in [1.29, 1.82) is 0 Å². The van der Waals surface area contributed by atoms with Gasteiger partial charge in [-0.2, -0.15) is 5.10 Å². The lowest BCUT2D eigenvalue weighted by Crippen LogP contribution is -2.49. The number of hydrogen-bond acceptors (Lipinski definition) is 4. The van der Waals surface area contributed by atoms with E-state index in [4.69, 9.17) is 0 Å². The fourth-order valence-corrected chi connectivity index (χ4v) is 2.78. The van der Waals surface area contributed by atoms with Gasteiger partial charge in [0.15, 0.2) is 0 Å². The smallest absolute Gasteiger partial charge is 0.275 e. The largest absolute Gasteiger partial charge is 0.354 e. The number of aromatic nitrogens is 2. The molecule has 0 spiro atoms. The maximum absolute atomic E-state index is 12.4. The zero-order valence-corrected chi connectivity index (χ0v) is 12.8. The maximum Gasteiger partial charge on any atom is 0.275 e. The van der Waals surface area contributed by atoms with Crippen molar-refractivity contribution in [1.82, 2.24) is 20.4 Å². The molecule has 0 aliphatic carbocycles. The summed E-state index contributed by atoms with van der Waals surface area (Å²) in [5.74, 6) is -0.283. The molecule has 1 aliphatic rings. The molecule has 2 aromatic rings. The molecule has 1 aliphatic heterocycles. The van der Waals surface area contributed by atoms with Gasteiger partial charge in [-0.1, -0.05) is 18.2 Å². The Morgan fingerprint density at radius 2 is 2.09 bits per heavy atom. The van der Waals surface area contributed by atoms with Crippen molar-refractivity contribution >= 4 is 22.6 Å². The highest BCUT2D eigenvalue weighted by atomic mass is 16.2. The number of piperidine rings is 1. The minimum Gasteiger partial charge on any atom is -0.354 e. The molecule has 23 heavy (non-hydrogen) atoms. The molecule has 7 heteroatoms. The highest BCUT2D eigenvalue weighted by Crippen LogP contribution is 2.11. The normalized spacial score (nSPS) is 17.8. The number of nitrogens with one attached hydrogen (secondary N) is 2. The Balaban J connectivity index is 1.76. The summed E-state index contributed by atoms with van der Waals surface area (Å²) < 4.78 is 1.19. The van der Waals surface area contributed by atoms with Crippen LogP contribution < -0.4 is 16.2 Å². The second-order valence-electron chi connectivity index (χ2n) is 5.70. The molecule has 0 bridgehead atoms. The first-order valence-corrected chi connectivity index (χ1v) is 7.57. The van der Waals surface area contributed by atoms with E-state index >= 15 is 0 Å². The zero-order chi connectivity index (χ0) is 16.4. The molecular formula is C16H18N4O3. The second-order valence-corrected chi connectivity index (χ2v) is 5.70. The highest BCUT2D eigenvalue weighted by molar-refractivity contribution is 5.84. The zero-order valence-electron chi connectivity index (χ0n) is 12.8. The highest BCUT2D eigenvalue weighted by Gasteiger charge is 2.20. The van der Waals surface area contributed by atoms with Gasteiger partial charge in [0, 0.05) is 24.4 Å². The number of fused-ring (bicyclic) bond motifs is 1. The predicted octanol–water partition coefficient (Wildman–Crippen LogP) is 0.0997. The van der Waals surface area contributed by atoms with Crippen LogP contribution in [0.3, 0.4) is 0 Å². The van der Waals surface area contributed by atoms with E-state index in [0.717, 1.165) is 5.39 Å². The quantitative estimate of drug-likeness (QED) is 0.840. The van der Waals surface area contributed by atoms with Gasteiger partial charge in [0.05, 0.1) is 11.1 Å². The molecule has 1 saturated heterocycles. The lowest BCUT2D eigenvalue weighted by molar-refractivity contribution is -0.126. The van der Waals surface area contributed by atoms with Gasteiger partial charge < -0.3 is 10.6 Å². The molecule has 2 N–H and O–H groups in total. The van der Waals surface area contributed by atoms with Gasteiger partial charge in [-0.05, 0) is 19.4 Å². The third-order valence-corrected chi connectivity index (χ3v) is 3.98. The molecular weight excluding hydrogens is 296 g/mol. The lowest BCUT2D eigenvalue weighted by atomic mass is 10.1. The molecule has 0 radical (unpaired) electrons. The predicted molar refractivity (Wildman–Crippen MR) is 84.9 cm³/mol. The van der Waals surface area contributed by atoms with Crippen molar-refractivity contribution in [3.05, 3.63) is 40.3 Å². The van der Waals surface area contributed by atoms with E-state index in [-0.39, 0.29) is 30.0 Å². The summed E-state index contributed by atoms with van der Waals surface area (Å²) in [6, 6.07) is 7.12. The second kappa shape index (κ2) is 6.20. The Morgan fingerprint density at radius 3 is 2.78 bits per heavy atom. The fourth-order valence-electron chi connectivity index (χ4n) is 2.78. The first kappa shape index (κ1) is 15.2. The van der Waals surface area contributed by atoms with Gasteiger partial charge in [0.1, 0.15) is 6.54 Å². The number of aryl methyl sites for hydroxylation is 1. The average molecular weight is 314 g/mol. The van der Waals surface area contributed by atoms with Crippen LogP contribution in [0.5, 0.6) is 0 Å². The fraction of sp³-hybridized carbons (Fsp3) is 0.375. The molecule has 1 atom stereocenters. The SMILES string of the molecule is Cc1nn(CC(=O)N[C@@H]2CCC(=O)NC2)c(=O)c2ccccc12. The molecule has 0 unspecified atom stereocenters. The summed E-state index contributed by atoms with van der Waals surface area (Å²) in [5, 5.41) is 11.1. The van der Waals surface area contributed by atoms with Crippen LogP contribution in [0.1, 0.15) is 18.5 Å². The number of amides is 2. The summed E-state index contributed by atoms with van der Waals surface area (Å²) in [4.78, 5) is 35.7. The number of hydrogen-bond donors (Lipinski definition) is 2. The molecule has 120 valence electrons. The van der Waals surface area contributed by atoms with Crippen molar-refractivity contribution < 1.29 is 9.59 Å². The lowest BCUT2D eigenvalue weighted by Gasteiger charge is -2.23. The summed E-state index contributed by atoms with van der Waals surface area (Å²) in [6.45, 7) is 2.10. The summed E-state index contributed by atoms with van der Waals surface area (Å²) in [7, 11) is 0. The Bertz CT molecular complexity index is 818. The van der Waals surface area contributed by atoms with E-state index in [1.165, 1.54) is 4.68 Å². The van der Waals surface area contributed by atoms with Crippen LogP contribution in [0.4, 0.5) is 0 Å². The van der Waals surface area contributed by atoms with Crippen molar-refractivity contribution in [2.24, 2.45) is 0 Å². The molecule has 1 aromatic heterocycles. The Hall–Kier alpha value is -2.70. The Morgan fingerprint density at radius 1 is 1.35 bits per heavy atom. The van der Waals surface area contributed by atoms with Crippen LogP contribution in [0, 0.1) is 6.92 Å². The summed E-state index contributed by atoms with van der Waals surface area (Å²) in [5.41, 5.74) is 0.427. The molecule has 3 rings (SSSR count). The topological polar surface area (TPSA) is 93.1 Å². The van der Waals surface area contributed by atoms with Crippen LogP contribution in [0.15, 0.2) is 29.1 Å². The molecule has 2 amide bonds. The van der Waals surface area contributed by atoms with Crippen LogP contribution in [-0.2, 0) is 16.1 Å². The van der Waals surface area contributed by atoms with Crippen molar-refractivity contribution in [3.63, 3.8) is 0 Å². The van der Waals surface area contributed by atoms with Gasteiger partial charge in [-0.15, -0.1) is 0 Å². The van der Waals surface area contributed by atoms with E-state index in [1.54, 1.807) is 12.1 Å². The molecule has 1 fully saturated rings. The van der Waals surface area contributed by atoms with E-state index < -0.39 is 0 Å². The van der Waals surface area contributed by atoms with Gasteiger partial charge in [-0.25, -0.2) is 4.68 Å². The number of benzene rings is 1. The van der Waals surface area contributed by atoms with E-state index in [1.807, 2.05) is 19.1 Å². The van der Waals surface area contributed by atoms with Crippen LogP contribution in [-0.4, -0.2) is 34.2 Å². The van der Waals surface area contributed by atoms with E-state index in [9.17, 15) is 14.4 Å². The molecule has 7 nitrogen and oxygen atoms in total. The van der Waals surface area contributed by atoms with Gasteiger partial charge in [0.2, 0.25) is 11.8 Å². The minimum atomic E-state index is -0.282. The van der Waals surface area contributed by atoms with Gasteiger partial charge >= 0.3 is 0 Å². The Labute approximate surface area is 132 Å². The average Bonchev–Trinajstić information content (AvgIpc) is 2.54. The van der Waals surface area contributed by atoms with Gasteiger partial charge in [-0.3, -0.25) is 14.4 Å². The van der Waals surface area contributed by atoms with Crippen LogP contribution >= 0.6 is 0 Å². The van der Waals surface area contributed by atoms with E-state index in [2.05, 4.69) is 15.7 Å². The van der Waals surface area contributed by atoms with E-state index in [0.29, 0.717) is 30.5 Å². The first-order chi connectivity index (χ1) is 11.0. The maximum atomic E-state index is 12.4.